The molecule has 0 spiro atoms. The second-order valence-corrected chi connectivity index (χ2v) is 5.57. The molecule has 0 fully saturated rings. The van der Waals surface area contributed by atoms with Gasteiger partial charge >= 0.3 is 12.1 Å². The Labute approximate surface area is 129 Å². The number of rotatable bonds is 4. The lowest BCUT2D eigenvalue weighted by Crippen LogP contribution is -2.37. The Kier molecular flexibility index (Phi) is 4.87. The zero-order valence-corrected chi connectivity index (χ0v) is 12.4. The van der Waals surface area contributed by atoms with E-state index in [2.05, 4.69) is 4.74 Å². The molecule has 2 atom stereocenters. The number of ether oxygens (including phenoxy) is 1. The van der Waals surface area contributed by atoms with Gasteiger partial charge in [0.15, 0.2) is 6.23 Å². The second kappa shape index (κ2) is 6.50. The number of carbonyl (C=O) groups is 1. The molecule has 2 unspecified atom stereocenters. The third kappa shape index (κ3) is 3.86. The van der Waals surface area contributed by atoms with Crippen LogP contribution >= 0.6 is 11.3 Å². The zero-order valence-electron chi connectivity index (χ0n) is 11.6. The first-order valence-electron chi connectivity index (χ1n) is 6.45. The highest BCUT2D eigenvalue weighted by atomic mass is 32.1. The van der Waals surface area contributed by atoms with Gasteiger partial charge in [0.2, 0.25) is 0 Å². The Hall–Kier alpha value is -1.86. The fourth-order valence-electron chi connectivity index (χ4n) is 1.89. The Morgan fingerprint density at radius 3 is 2.32 bits per heavy atom. The van der Waals surface area contributed by atoms with Crippen molar-refractivity contribution in [1.82, 2.24) is 0 Å². The van der Waals surface area contributed by atoms with Crippen molar-refractivity contribution in [3.05, 3.63) is 46.7 Å². The summed E-state index contributed by atoms with van der Waals surface area (Å²) in [6, 6.07) is 9.20. The maximum absolute atomic E-state index is 12.2. The molecule has 1 aromatic carbocycles. The van der Waals surface area contributed by atoms with Gasteiger partial charge in [0.25, 0.3) is 0 Å². The third-order valence-corrected chi connectivity index (χ3v) is 3.94. The summed E-state index contributed by atoms with van der Waals surface area (Å²) in [5.41, 5.74) is 8.30. The predicted octanol–water partition coefficient (Wildman–Crippen LogP) is 3.91. The van der Waals surface area contributed by atoms with Crippen molar-refractivity contribution >= 4 is 17.3 Å². The van der Waals surface area contributed by atoms with Crippen LogP contribution in [0, 0.1) is 0 Å². The quantitative estimate of drug-likeness (QED) is 0.683. The fraction of sp³-hybridized carbons (Fsp3) is 0.267. The molecule has 3 nitrogen and oxygen atoms in total. The van der Waals surface area contributed by atoms with Crippen LogP contribution in [0.15, 0.2) is 41.1 Å². The summed E-state index contributed by atoms with van der Waals surface area (Å²) in [6.07, 6.45) is -6.40. The molecule has 2 aromatic rings. The molecule has 0 bridgehead atoms. The van der Waals surface area contributed by atoms with E-state index in [0.717, 1.165) is 11.1 Å². The summed E-state index contributed by atoms with van der Waals surface area (Å²) in [5.74, 6) is -2.83. The van der Waals surface area contributed by atoms with Crippen LogP contribution < -0.4 is 5.73 Å². The molecule has 118 valence electrons. The molecule has 22 heavy (non-hydrogen) atoms. The van der Waals surface area contributed by atoms with Crippen molar-refractivity contribution in [3.63, 3.8) is 0 Å². The van der Waals surface area contributed by atoms with Gasteiger partial charge in [-0.15, -0.1) is 0 Å². The standard InChI is InChI=1S/C15H14F3NO2S/c1-9(13(19)21-14(20)15(16,17)18)10-2-4-11(5-3-10)12-6-7-22-8-12/h2-9,13H,19H2,1H3. The highest BCUT2D eigenvalue weighted by Gasteiger charge is 2.42. The van der Waals surface area contributed by atoms with E-state index in [9.17, 15) is 18.0 Å². The topological polar surface area (TPSA) is 52.3 Å². The van der Waals surface area contributed by atoms with Crippen molar-refractivity contribution in [3.8, 4) is 11.1 Å². The summed E-state index contributed by atoms with van der Waals surface area (Å²) in [5, 5.41) is 3.95. The van der Waals surface area contributed by atoms with E-state index in [1.807, 2.05) is 29.0 Å². The molecule has 0 radical (unpaired) electrons. The molecule has 0 saturated carbocycles. The van der Waals surface area contributed by atoms with Gasteiger partial charge in [-0.25, -0.2) is 4.79 Å². The van der Waals surface area contributed by atoms with Crippen molar-refractivity contribution in [2.24, 2.45) is 5.73 Å². The van der Waals surface area contributed by atoms with Gasteiger partial charge in [0, 0.05) is 5.92 Å². The Morgan fingerprint density at radius 1 is 1.18 bits per heavy atom. The number of esters is 1. The molecule has 0 aliphatic carbocycles. The minimum absolute atomic E-state index is 0.553. The van der Waals surface area contributed by atoms with E-state index in [1.165, 1.54) is 0 Å². The predicted molar refractivity (Wildman–Crippen MR) is 78.3 cm³/mol. The number of carbonyl (C=O) groups excluding carboxylic acids is 1. The average molecular weight is 329 g/mol. The smallest absolute Gasteiger partial charge is 0.439 e. The zero-order chi connectivity index (χ0) is 16.3. The van der Waals surface area contributed by atoms with E-state index in [-0.39, 0.29) is 0 Å². The van der Waals surface area contributed by atoms with Crippen LogP contribution in [0.5, 0.6) is 0 Å². The highest BCUT2D eigenvalue weighted by Crippen LogP contribution is 2.26. The minimum atomic E-state index is -5.04. The molecular weight excluding hydrogens is 315 g/mol. The Balaban J connectivity index is 2.06. The second-order valence-electron chi connectivity index (χ2n) is 4.79. The van der Waals surface area contributed by atoms with Gasteiger partial charge in [0.05, 0.1) is 0 Å². The summed E-state index contributed by atoms with van der Waals surface area (Å²) in [4.78, 5) is 10.8. The van der Waals surface area contributed by atoms with Crippen molar-refractivity contribution in [1.29, 1.82) is 0 Å². The number of nitrogens with two attached hydrogens (primary N) is 1. The highest BCUT2D eigenvalue weighted by molar-refractivity contribution is 7.08. The number of alkyl halides is 3. The van der Waals surface area contributed by atoms with Crippen LogP contribution in [0.4, 0.5) is 13.2 Å². The van der Waals surface area contributed by atoms with E-state index in [4.69, 9.17) is 5.73 Å². The lowest BCUT2D eigenvalue weighted by Gasteiger charge is -2.21. The van der Waals surface area contributed by atoms with Gasteiger partial charge in [-0.1, -0.05) is 31.2 Å². The average Bonchev–Trinajstić information content (AvgIpc) is 2.99. The molecule has 2 N–H and O–H groups in total. The van der Waals surface area contributed by atoms with Crippen LogP contribution in [0.1, 0.15) is 18.4 Å². The molecule has 1 heterocycles. The van der Waals surface area contributed by atoms with Gasteiger partial charge < -0.3 is 4.74 Å². The molecule has 0 amide bonds. The van der Waals surface area contributed by atoms with Crippen molar-refractivity contribution < 1.29 is 22.7 Å². The number of thiophene rings is 1. The first-order chi connectivity index (χ1) is 10.3. The molecule has 0 saturated heterocycles. The van der Waals surface area contributed by atoms with Crippen LogP contribution in [0.25, 0.3) is 11.1 Å². The van der Waals surface area contributed by atoms with Gasteiger partial charge in [-0.2, -0.15) is 24.5 Å². The molecule has 7 heteroatoms. The van der Waals surface area contributed by atoms with E-state index in [1.54, 1.807) is 30.4 Å². The van der Waals surface area contributed by atoms with Crippen LogP contribution in [-0.2, 0) is 9.53 Å². The lowest BCUT2D eigenvalue weighted by atomic mass is 9.97. The monoisotopic (exact) mass is 329 g/mol. The fourth-order valence-corrected chi connectivity index (χ4v) is 2.56. The van der Waals surface area contributed by atoms with Crippen LogP contribution in [0.3, 0.4) is 0 Å². The summed E-state index contributed by atoms with van der Waals surface area (Å²) < 4.78 is 40.7. The number of halogens is 3. The van der Waals surface area contributed by atoms with E-state index in [0.29, 0.717) is 5.56 Å². The third-order valence-electron chi connectivity index (χ3n) is 3.26. The molecule has 0 aliphatic heterocycles. The SMILES string of the molecule is CC(c1ccc(-c2ccsc2)cc1)C(N)OC(=O)C(F)(F)F. The minimum Gasteiger partial charge on any atom is -0.439 e. The van der Waals surface area contributed by atoms with E-state index < -0.39 is 24.3 Å². The van der Waals surface area contributed by atoms with Crippen LogP contribution in [-0.4, -0.2) is 18.4 Å². The normalized spacial score (nSPS) is 14.4. The Morgan fingerprint density at radius 2 is 1.82 bits per heavy atom. The first-order valence-corrected chi connectivity index (χ1v) is 7.39. The lowest BCUT2D eigenvalue weighted by molar-refractivity contribution is -0.205. The maximum Gasteiger partial charge on any atom is 0.490 e. The van der Waals surface area contributed by atoms with Crippen molar-refractivity contribution in [2.75, 3.05) is 0 Å². The van der Waals surface area contributed by atoms with Gasteiger partial charge in [-0.05, 0) is 33.5 Å². The molecule has 0 aliphatic rings. The van der Waals surface area contributed by atoms with Crippen molar-refractivity contribution in [2.45, 2.75) is 25.2 Å². The van der Waals surface area contributed by atoms with Gasteiger partial charge in [0.1, 0.15) is 0 Å². The molecule has 2 rings (SSSR count). The summed E-state index contributed by atoms with van der Waals surface area (Å²) in [6.45, 7) is 1.61. The number of hydrogen-bond acceptors (Lipinski definition) is 4. The summed E-state index contributed by atoms with van der Waals surface area (Å²) in [7, 11) is 0. The Bertz CT molecular complexity index is 623. The largest absolute Gasteiger partial charge is 0.490 e. The summed E-state index contributed by atoms with van der Waals surface area (Å²) >= 11 is 1.57. The number of hydrogen-bond donors (Lipinski definition) is 1. The molecular formula is C15H14F3NO2S. The van der Waals surface area contributed by atoms with E-state index >= 15 is 0 Å². The first kappa shape index (κ1) is 16.5. The van der Waals surface area contributed by atoms with Gasteiger partial charge in [-0.3, -0.25) is 5.73 Å². The maximum atomic E-state index is 12.2. The van der Waals surface area contributed by atoms with Crippen LogP contribution in [0.2, 0.25) is 0 Å². The molecule has 1 aromatic heterocycles. The number of benzene rings is 1.